The van der Waals surface area contributed by atoms with Gasteiger partial charge in [-0.25, -0.2) is 0 Å². The topological polar surface area (TPSA) is 74.4 Å². The van der Waals surface area contributed by atoms with Crippen LogP contribution in [0.1, 0.15) is 53.1 Å². The number of likely N-dealkylation sites (N-methyl/N-ethyl adjacent to an activating group) is 1. The number of Topliss-reactive ketones (excluding diaryl/α,β-unsaturated/α-hetero) is 1. The Kier molecular flexibility index (Phi) is 8.10. The highest BCUT2D eigenvalue weighted by Gasteiger charge is 2.25. The van der Waals surface area contributed by atoms with Crippen molar-refractivity contribution in [3.05, 3.63) is 75.7 Å². The van der Waals surface area contributed by atoms with Crippen molar-refractivity contribution in [2.24, 2.45) is 0 Å². The lowest BCUT2D eigenvalue weighted by atomic mass is 9.93. The van der Waals surface area contributed by atoms with Crippen LogP contribution in [0.2, 0.25) is 0 Å². The van der Waals surface area contributed by atoms with Gasteiger partial charge in [0.05, 0.1) is 12.7 Å². The Morgan fingerprint density at radius 2 is 2.00 bits per heavy atom. The summed E-state index contributed by atoms with van der Waals surface area (Å²) in [5.74, 6) is 0.00395. The molecule has 1 atom stereocenters. The van der Waals surface area contributed by atoms with E-state index in [4.69, 9.17) is 4.74 Å². The van der Waals surface area contributed by atoms with Crippen molar-refractivity contribution < 1.29 is 14.3 Å². The van der Waals surface area contributed by atoms with Crippen LogP contribution in [0.15, 0.2) is 58.9 Å². The molecule has 1 aliphatic heterocycles. The van der Waals surface area contributed by atoms with Crippen LogP contribution in [-0.4, -0.2) is 54.4 Å². The first-order valence-electron chi connectivity index (χ1n) is 10.8. The molecule has 1 amide bonds. The number of hydrogen-bond acceptors (Lipinski definition) is 4. The maximum atomic E-state index is 13.3. The second-order valence-corrected chi connectivity index (χ2v) is 8.80. The highest BCUT2D eigenvalue weighted by atomic mass is 79.9. The van der Waals surface area contributed by atoms with E-state index >= 15 is 0 Å². The molecule has 2 heterocycles. The summed E-state index contributed by atoms with van der Waals surface area (Å²) in [7, 11) is 1.52. The van der Waals surface area contributed by atoms with Crippen molar-refractivity contribution in [2.75, 3.05) is 26.7 Å². The second-order valence-electron chi connectivity index (χ2n) is 7.89. The Hall–Kier alpha value is -2.64. The molecule has 2 aromatic rings. The number of allylic oxidation sites excluding steroid dienone is 3. The normalized spacial score (nSPS) is 17.1. The van der Waals surface area contributed by atoms with Crippen molar-refractivity contribution >= 4 is 33.2 Å². The van der Waals surface area contributed by atoms with E-state index in [2.05, 4.69) is 44.6 Å². The SMILES string of the molecule is C=C(/C(C(=O)c1c[nH]c(C(=O)NCC2CCCN2CC)c1)=C(/C)OC)c1ccc(Br)cc1. The van der Waals surface area contributed by atoms with Crippen molar-refractivity contribution in [1.29, 1.82) is 0 Å². The lowest BCUT2D eigenvalue weighted by Crippen LogP contribution is -2.40. The Bertz CT molecular complexity index is 1020. The van der Waals surface area contributed by atoms with Crippen LogP contribution < -0.4 is 5.32 Å². The number of benzene rings is 1. The lowest BCUT2D eigenvalue weighted by molar-refractivity contribution is 0.0937. The van der Waals surface area contributed by atoms with Gasteiger partial charge in [0.1, 0.15) is 11.5 Å². The molecule has 1 aliphatic rings. The van der Waals surface area contributed by atoms with Crippen LogP contribution in [-0.2, 0) is 4.74 Å². The van der Waals surface area contributed by atoms with Crippen molar-refractivity contribution in [2.45, 2.75) is 32.7 Å². The summed E-state index contributed by atoms with van der Waals surface area (Å²) in [6.07, 6.45) is 3.81. The molecule has 7 heteroatoms. The van der Waals surface area contributed by atoms with Crippen LogP contribution in [0.5, 0.6) is 0 Å². The summed E-state index contributed by atoms with van der Waals surface area (Å²) in [6, 6.07) is 9.53. The Morgan fingerprint density at radius 1 is 1.28 bits per heavy atom. The molecule has 2 N–H and O–H groups in total. The largest absolute Gasteiger partial charge is 0.501 e. The molecule has 6 nitrogen and oxygen atoms in total. The third-order valence-corrected chi connectivity index (χ3v) is 6.50. The lowest BCUT2D eigenvalue weighted by Gasteiger charge is -2.22. The van der Waals surface area contributed by atoms with Gasteiger partial charge in [-0.3, -0.25) is 14.5 Å². The van der Waals surface area contributed by atoms with Crippen molar-refractivity contribution in [1.82, 2.24) is 15.2 Å². The Balaban J connectivity index is 1.75. The van der Waals surface area contributed by atoms with Gasteiger partial charge in [0, 0.05) is 28.8 Å². The summed E-state index contributed by atoms with van der Waals surface area (Å²) in [5.41, 5.74) is 2.51. The highest BCUT2D eigenvalue weighted by molar-refractivity contribution is 9.10. The summed E-state index contributed by atoms with van der Waals surface area (Å²) in [5, 5.41) is 2.99. The fourth-order valence-corrected chi connectivity index (χ4v) is 4.32. The predicted molar refractivity (Wildman–Crippen MR) is 131 cm³/mol. The van der Waals surface area contributed by atoms with Crippen LogP contribution in [0.25, 0.3) is 5.57 Å². The molecular weight excluding hydrogens is 470 g/mol. The minimum Gasteiger partial charge on any atom is -0.501 e. The van der Waals surface area contributed by atoms with Crippen molar-refractivity contribution in [3.8, 4) is 0 Å². The first kappa shape index (κ1) is 24.0. The number of ether oxygens (including phenoxy) is 1. The first-order valence-corrected chi connectivity index (χ1v) is 11.6. The standard InChI is InChI=1S/C25H30BrN3O3/c1-5-29-12-6-7-21(29)15-28-25(31)22-13-19(14-27-22)24(30)23(17(3)32-4)16(2)18-8-10-20(26)11-9-18/h8-11,13-14,21,27H,2,5-7,12,15H2,1,3-4H3,(H,28,31)/b23-17+. The number of carbonyl (C=O) groups excluding carboxylic acids is 2. The number of rotatable bonds is 9. The number of nitrogens with one attached hydrogen (secondary N) is 2. The van der Waals surface area contributed by atoms with E-state index in [0.717, 1.165) is 36.0 Å². The summed E-state index contributed by atoms with van der Waals surface area (Å²) in [4.78, 5) is 31.3. The second kappa shape index (κ2) is 10.8. The summed E-state index contributed by atoms with van der Waals surface area (Å²) < 4.78 is 6.33. The number of aromatic nitrogens is 1. The maximum absolute atomic E-state index is 13.3. The molecule has 3 rings (SSSR count). The minimum atomic E-state index is -0.250. The zero-order valence-electron chi connectivity index (χ0n) is 18.8. The van der Waals surface area contributed by atoms with Gasteiger partial charge in [0.15, 0.2) is 5.78 Å². The molecular formula is C25H30BrN3O3. The molecule has 1 aromatic carbocycles. The minimum absolute atomic E-state index is 0.215. The summed E-state index contributed by atoms with van der Waals surface area (Å²) in [6.45, 7) is 10.7. The Labute approximate surface area is 197 Å². The molecule has 0 spiro atoms. The van der Waals surface area contributed by atoms with Gasteiger partial charge in [-0.2, -0.15) is 0 Å². The first-order chi connectivity index (χ1) is 15.3. The van der Waals surface area contributed by atoms with E-state index in [-0.39, 0.29) is 11.7 Å². The van der Waals surface area contributed by atoms with Gasteiger partial charge in [-0.05, 0) is 62.2 Å². The summed E-state index contributed by atoms with van der Waals surface area (Å²) >= 11 is 3.42. The number of ketones is 1. The number of methoxy groups -OCH3 is 1. The average Bonchev–Trinajstić information content (AvgIpc) is 3.47. The van der Waals surface area contributed by atoms with E-state index in [1.54, 1.807) is 19.2 Å². The average molecular weight is 500 g/mol. The number of likely N-dealkylation sites (tertiary alicyclic amines) is 1. The number of H-pyrrole nitrogens is 1. The predicted octanol–water partition coefficient (Wildman–Crippen LogP) is 4.81. The number of aromatic amines is 1. The van der Waals surface area contributed by atoms with E-state index in [9.17, 15) is 9.59 Å². The molecule has 1 fully saturated rings. The highest BCUT2D eigenvalue weighted by Crippen LogP contribution is 2.29. The van der Waals surface area contributed by atoms with Gasteiger partial charge in [0.2, 0.25) is 0 Å². The molecule has 32 heavy (non-hydrogen) atoms. The van der Waals surface area contributed by atoms with Gasteiger partial charge in [-0.15, -0.1) is 0 Å². The van der Waals surface area contributed by atoms with Crippen LogP contribution in [0.3, 0.4) is 0 Å². The molecule has 0 aliphatic carbocycles. The molecule has 0 saturated carbocycles. The van der Waals surface area contributed by atoms with Crippen molar-refractivity contribution in [3.63, 3.8) is 0 Å². The van der Waals surface area contributed by atoms with E-state index < -0.39 is 0 Å². The maximum Gasteiger partial charge on any atom is 0.267 e. The number of nitrogens with zero attached hydrogens (tertiary/aromatic N) is 1. The van der Waals surface area contributed by atoms with Crippen LogP contribution >= 0.6 is 15.9 Å². The van der Waals surface area contributed by atoms with Gasteiger partial charge < -0.3 is 15.0 Å². The number of amides is 1. The molecule has 1 aromatic heterocycles. The molecule has 1 unspecified atom stereocenters. The smallest absolute Gasteiger partial charge is 0.267 e. The zero-order chi connectivity index (χ0) is 23.3. The van der Waals surface area contributed by atoms with E-state index in [1.807, 2.05) is 24.3 Å². The van der Waals surface area contributed by atoms with Crippen LogP contribution in [0.4, 0.5) is 0 Å². The number of hydrogen-bond donors (Lipinski definition) is 2. The van der Waals surface area contributed by atoms with E-state index in [1.165, 1.54) is 7.11 Å². The third-order valence-electron chi connectivity index (χ3n) is 5.97. The molecule has 0 radical (unpaired) electrons. The van der Waals surface area contributed by atoms with E-state index in [0.29, 0.717) is 40.7 Å². The third kappa shape index (κ3) is 5.40. The Morgan fingerprint density at radius 3 is 2.66 bits per heavy atom. The van der Waals surface area contributed by atoms with Gasteiger partial charge >= 0.3 is 0 Å². The fourth-order valence-electron chi connectivity index (χ4n) is 4.06. The van der Waals surface area contributed by atoms with Crippen LogP contribution in [0, 0.1) is 0 Å². The molecule has 0 bridgehead atoms. The quantitative estimate of drug-likeness (QED) is 0.224. The number of carbonyl (C=O) groups is 2. The number of halogens is 1. The zero-order valence-corrected chi connectivity index (χ0v) is 20.4. The molecule has 1 saturated heterocycles. The monoisotopic (exact) mass is 499 g/mol. The van der Waals surface area contributed by atoms with Gasteiger partial charge in [-0.1, -0.05) is 41.6 Å². The fraction of sp³-hybridized carbons (Fsp3) is 0.360. The molecule has 170 valence electrons. The van der Waals surface area contributed by atoms with Gasteiger partial charge in [0.25, 0.3) is 5.91 Å².